The highest BCUT2D eigenvalue weighted by molar-refractivity contribution is 6.46. The highest BCUT2D eigenvalue weighted by atomic mass is 35.5. The molecule has 32 heavy (non-hydrogen) atoms. The van der Waals surface area contributed by atoms with Gasteiger partial charge >= 0.3 is 0 Å². The second-order valence-corrected chi connectivity index (χ2v) is 8.51. The zero-order valence-corrected chi connectivity index (χ0v) is 19.8. The molecule has 1 amide bonds. The Hall–Kier alpha value is -2.70. The minimum absolute atomic E-state index is 0.0695. The van der Waals surface area contributed by atoms with Crippen molar-refractivity contribution >= 4 is 40.7 Å². The zero-order chi connectivity index (χ0) is 23.6. The number of carbonyl (C=O) groups is 2. The molecule has 1 unspecified atom stereocenters. The number of Topliss-reactive ketones (excluding diaryl/α,β-unsaturated/α-hetero) is 1. The van der Waals surface area contributed by atoms with E-state index in [0.717, 1.165) is 0 Å². The lowest BCUT2D eigenvalue weighted by Gasteiger charge is -2.27. The van der Waals surface area contributed by atoms with Gasteiger partial charge in [-0.05, 0) is 38.5 Å². The van der Waals surface area contributed by atoms with E-state index in [1.165, 1.54) is 24.1 Å². The smallest absolute Gasteiger partial charge is 0.295 e. The third kappa shape index (κ3) is 4.43. The molecule has 0 saturated carbocycles. The van der Waals surface area contributed by atoms with E-state index < -0.39 is 23.5 Å². The van der Waals surface area contributed by atoms with E-state index in [1.54, 1.807) is 18.2 Å². The molecule has 170 valence electrons. The van der Waals surface area contributed by atoms with E-state index in [0.29, 0.717) is 24.3 Å². The second kappa shape index (κ2) is 9.84. The van der Waals surface area contributed by atoms with Gasteiger partial charge in [-0.15, -0.1) is 0 Å². The maximum Gasteiger partial charge on any atom is 0.295 e. The number of amides is 1. The number of likely N-dealkylation sites (tertiary alicyclic amines) is 1. The van der Waals surface area contributed by atoms with Crippen molar-refractivity contribution in [3.63, 3.8) is 0 Å². The van der Waals surface area contributed by atoms with Crippen molar-refractivity contribution in [2.24, 2.45) is 0 Å². The normalized spacial score (nSPS) is 17.8. The number of carbonyl (C=O) groups excluding carboxylic acids is 2. The lowest BCUT2D eigenvalue weighted by atomic mass is 9.94. The number of aliphatic hydroxyl groups is 1. The van der Waals surface area contributed by atoms with Gasteiger partial charge in [-0.25, -0.2) is 0 Å². The van der Waals surface area contributed by atoms with Crippen molar-refractivity contribution in [3.05, 3.63) is 63.1 Å². The number of nitrogens with zero attached hydrogens (tertiary/aromatic N) is 1. The molecule has 1 saturated heterocycles. The monoisotopic (exact) mass is 477 g/mol. The van der Waals surface area contributed by atoms with Crippen LogP contribution in [0.15, 0.2) is 42.0 Å². The Morgan fingerprint density at radius 3 is 2.50 bits per heavy atom. The number of halogens is 2. The van der Waals surface area contributed by atoms with Crippen LogP contribution in [0.3, 0.4) is 0 Å². The van der Waals surface area contributed by atoms with E-state index in [9.17, 15) is 14.7 Å². The maximum atomic E-state index is 13.1. The van der Waals surface area contributed by atoms with E-state index >= 15 is 0 Å². The van der Waals surface area contributed by atoms with E-state index in [-0.39, 0.29) is 33.0 Å². The fourth-order valence-electron chi connectivity index (χ4n) is 3.83. The minimum Gasteiger partial charge on any atom is -0.507 e. The van der Waals surface area contributed by atoms with Gasteiger partial charge in [0, 0.05) is 17.1 Å². The first kappa shape index (κ1) is 24.0. The summed E-state index contributed by atoms with van der Waals surface area (Å²) in [7, 11) is 1.39. The Bertz CT molecular complexity index is 1080. The minimum atomic E-state index is -0.840. The van der Waals surface area contributed by atoms with Gasteiger partial charge in [-0.3, -0.25) is 9.59 Å². The van der Waals surface area contributed by atoms with Crippen molar-refractivity contribution in [2.45, 2.75) is 39.3 Å². The molecule has 1 aliphatic heterocycles. The first-order chi connectivity index (χ1) is 15.2. The first-order valence-electron chi connectivity index (χ1n) is 10.3. The maximum absolute atomic E-state index is 13.1. The van der Waals surface area contributed by atoms with Crippen LogP contribution in [0.2, 0.25) is 10.0 Å². The Labute approximate surface area is 197 Å². The molecule has 0 aliphatic carbocycles. The summed E-state index contributed by atoms with van der Waals surface area (Å²) in [5, 5.41) is 11.7. The molecule has 2 aromatic carbocycles. The van der Waals surface area contributed by atoms with Gasteiger partial charge < -0.3 is 19.5 Å². The molecule has 0 radical (unpaired) electrons. The summed E-state index contributed by atoms with van der Waals surface area (Å²) < 4.78 is 11.3. The highest BCUT2D eigenvalue weighted by Crippen LogP contribution is 2.45. The van der Waals surface area contributed by atoms with E-state index in [1.807, 2.05) is 26.8 Å². The number of para-hydroxylation sites is 1. The van der Waals surface area contributed by atoms with E-state index in [2.05, 4.69) is 0 Å². The summed E-state index contributed by atoms with van der Waals surface area (Å²) in [5.41, 5.74) is 0.661. The molecular formula is C24H25Cl2NO5. The van der Waals surface area contributed by atoms with Crippen LogP contribution in [-0.2, 0) is 9.59 Å². The second-order valence-electron chi connectivity index (χ2n) is 7.67. The number of ketones is 1. The Balaban J connectivity index is 2.31. The van der Waals surface area contributed by atoms with Crippen molar-refractivity contribution in [2.75, 3.05) is 13.7 Å². The van der Waals surface area contributed by atoms with Gasteiger partial charge in [-0.1, -0.05) is 48.3 Å². The fourth-order valence-corrected chi connectivity index (χ4v) is 4.40. The van der Waals surface area contributed by atoms with Gasteiger partial charge in [0.15, 0.2) is 0 Å². The average molecular weight is 478 g/mol. The van der Waals surface area contributed by atoms with Crippen LogP contribution in [0.1, 0.15) is 44.4 Å². The van der Waals surface area contributed by atoms with Crippen LogP contribution in [0.25, 0.3) is 5.76 Å². The quantitative estimate of drug-likeness (QED) is 0.318. The summed E-state index contributed by atoms with van der Waals surface area (Å²) in [5.74, 6) is -1.21. The van der Waals surface area contributed by atoms with Gasteiger partial charge in [0.25, 0.3) is 11.7 Å². The third-order valence-electron chi connectivity index (χ3n) is 5.05. The molecule has 0 aromatic heterocycles. The zero-order valence-electron chi connectivity index (χ0n) is 18.3. The topological polar surface area (TPSA) is 76.1 Å². The predicted molar refractivity (Wildman–Crippen MR) is 125 cm³/mol. The molecule has 1 heterocycles. The molecule has 8 heteroatoms. The van der Waals surface area contributed by atoms with Crippen LogP contribution in [-0.4, -0.2) is 41.5 Å². The van der Waals surface area contributed by atoms with Crippen molar-refractivity contribution in [3.8, 4) is 11.5 Å². The molecule has 6 nitrogen and oxygen atoms in total. The standard InChI is InChI=1S/C24H25Cl2NO5/c1-5-10-27-20(15-8-6-7-9-18(15)32-13(2)3)19(22(29)24(27)30)21(28)16-11-14(25)12-17(26)23(16)31-4/h6-9,11-13,20,28H,5,10H2,1-4H3/b21-19+. The van der Waals surface area contributed by atoms with E-state index in [4.69, 9.17) is 32.7 Å². The van der Waals surface area contributed by atoms with Crippen molar-refractivity contribution in [1.29, 1.82) is 0 Å². The van der Waals surface area contributed by atoms with Crippen LogP contribution in [0, 0.1) is 0 Å². The van der Waals surface area contributed by atoms with Crippen molar-refractivity contribution < 1.29 is 24.2 Å². The number of aliphatic hydroxyl groups excluding tert-OH is 1. The summed E-state index contributed by atoms with van der Waals surface area (Å²) in [4.78, 5) is 27.5. The largest absolute Gasteiger partial charge is 0.507 e. The molecular weight excluding hydrogens is 453 g/mol. The summed E-state index contributed by atoms with van der Waals surface area (Å²) in [6.45, 7) is 6.01. The van der Waals surface area contributed by atoms with Gasteiger partial charge in [-0.2, -0.15) is 0 Å². The Morgan fingerprint density at radius 2 is 1.88 bits per heavy atom. The molecule has 1 N–H and O–H groups in total. The number of methoxy groups -OCH3 is 1. The molecule has 1 fully saturated rings. The summed E-state index contributed by atoms with van der Waals surface area (Å²) in [6, 6.07) is 9.25. The van der Waals surface area contributed by atoms with Crippen molar-refractivity contribution in [1.82, 2.24) is 4.90 Å². The summed E-state index contributed by atoms with van der Waals surface area (Å²) in [6.07, 6.45) is 0.500. The molecule has 0 spiro atoms. The number of rotatable bonds is 7. The molecule has 0 bridgehead atoms. The van der Waals surface area contributed by atoms with Gasteiger partial charge in [0.05, 0.1) is 35.4 Å². The van der Waals surface area contributed by atoms with Crippen LogP contribution >= 0.6 is 23.2 Å². The SMILES string of the molecule is CCCN1C(=O)C(=O)/C(=C(/O)c2cc(Cl)cc(Cl)c2OC)C1c1ccccc1OC(C)C. The molecule has 1 atom stereocenters. The number of benzene rings is 2. The van der Waals surface area contributed by atoms with Crippen LogP contribution in [0.4, 0.5) is 0 Å². The molecule has 3 rings (SSSR count). The number of hydrogen-bond donors (Lipinski definition) is 1. The first-order valence-corrected chi connectivity index (χ1v) is 11.0. The number of ether oxygens (including phenoxy) is 2. The number of hydrogen-bond acceptors (Lipinski definition) is 5. The Morgan fingerprint density at radius 1 is 1.19 bits per heavy atom. The third-order valence-corrected chi connectivity index (χ3v) is 5.55. The van der Waals surface area contributed by atoms with Gasteiger partial charge in [0.2, 0.25) is 0 Å². The van der Waals surface area contributed by atoms with Crippen LogP contribution < -0.4 is 9.47 Å². The molecule has 1 aliphatic rings. The Kier molecular flexibility index (Phi) is 7.36. The fraction of sp³-hybridized carbons (Fsp3) is 0.333. The molecule has 2 aromatic rings. The average Bonchev–Trinajstić information content (AvgIpc) is 2.98. The lowest BCUT2D eigenvalue weighted by molar-refractivity contribution is -0.139. The predicted octanol–water partition coefficient (Wildman–Crippen LogP) is 5.62. The van der Waals surface area contributed by atoms with Crippen LogP contribution in [0.5, 0.6) is 11.5 Å². The summed E-state index contributed by atoms with van der Waals surface area (Å²) >= 11 is 12.4. The lowest BCUT2D eigenvalue weighted by Crippen LogP contribution is -2.30. The van der Waals surface area contributed by atoms with Gasteiger partial charge in [0.1, 0.15) is 17.3 Å². The highest BCUT2D eigenvalue weighted by Gasteiger charge is 2.47.